The molecule has 0 fully saturated rings. The van der Waals surface area contributed by atoms with Gasteiger partial charge < -0.3 is 4.42 Å². The van der Waals surface area contributed by atoms with Gasteiger partial charge in [0, 0.05) is 43.8 Å². The number of benzene rings is 8. The van der Waals surface area contributed by atoms with E-state index in [1.807, 2.05) is 86.6 Å². The van der Waals surface area contributed by atoms with Gasteiger partial charge >= 0.3 is 0 Å². The summed E-state index contributed by atoms with van der Waals surface area (Å²) < 4.78 is 8.71. The molecule has 5 nitrogen and oxygen atoms in total. The largest absolute Gasteiger partial charge is 0.455 e. The Labute approximate surface area is 336 Å². The first-order valence-corrected chi connectivity index (χ1v) is 19.8. The van der Waals surface area contributed by atoms with Crippen molar-refractivity contribution in [2.24, 2.45) is 0 Å². The third-order valence-electron chi connectivity index (χ3n) is 10.7. The summed E-state index contributed by atoms with van der Waals surface area (Å²) in [6, 6.07) is 67.5. The van der Waals surface area contributed by atoms with Gasteiger partial charge in [0.1, 0.15) is 11.2 Å². The van der Waals surface area contributed by atoms with Crippen molar-refractivity contribution in [1.29, 1.82) is 0 Å². The second-order valence-electron chi connectivity index (χ2n) is 14.0. The molecule has 11 rings (SSSR count). The number of hydrogen-bond donors (Lipinski definition) is 0. The van der Waals surface area contributed by atoms with Gasteiger partial charge in [-0.3, -0.25) is 4.57 Å². The molecule has 0 aliphatic rings. The molecule has 11 aromatic rings. The minimum Gasteiger partial charge on any atom is -0.455 e. The van der Waals surface area contributed by atoms with Crippen LogP contribution in [0.2, 0.25) is 0 Å². The Morgan fingerprint density at radius 3 is 1.60 bits per heavy atom. The molecular weight excluding hydrogens is 709 g/mol. The molecule has 0 saturated heterocycles. The molecule has 0 radical (unpaired) electrons. The monoisotopic (exact) mass is 746 g/mol. The number of rotatable bonds is 6. The normalized spacial score (nSPS) is 11.3. The first-order chi connectivity index (χ1) is 28.8. The summed E-state index contributed by atoms with van der Waals surface area (Å²) in [6.45, 7) is 4.00. The summed E-state index contributed by atoms with van der Waals surface area (Å²) in [5, 5.41) is 4.46. The van der Waals surface area contributed by atoms with Crippen molar-refractivity contribution in [2.45, 2.75) is 13.8 Å². The van der Waals surface area contributed by atoms with Gasteiger partial charge in [0.15, 0.2) is 11.6 Å². The summed E-state index contributed by atoms with van der Waals surface area (Å²) in [6.07, 6.45) is 0. The van der Waals surface area contributed by atoms with Crippen LogP contribution in [0.5, 0.6) is 0 Å². The van der Waals surface area contributed by atoms with E-state index < -0.39 is 0 Å². The quantitative estimate of drug-likeness (QED) is 0.170. The molecule has 58 heavy (non-hydrogen) atoms. The highest BCUT2D eigenvalue weighted by Gasteiger charge is 2.22. The van der Waals surface area contributed by atoms with Crippen LogP contribution in [0.3, 0.4) is 0 Å². The zero-order valence-corrected chi connectivity index (χ0v) is 32.2. The van der Waals surface area contributed by atoms with Gasteiger partial charge in [-0.25, -0.2) is 4.98 Å². The maximum absolute atomic E-state index is 6.49. The van der Waals surface area contributed by atoms with E-state index in [1.165, 1.54) is 0 Å². The number of hydrogen-bond acceptors (Lipinski definition) is 4. The van der Waals surface area contributed by atoms with Crippen LogP contribution in [0.25, 0.3) is 106 Å². The Kier molecular flexibility index (Phi) is 8.88. The lowest BCUT2D eigenvalue weighted by Crippen LogP contribution is -2.07. The Hall–Kier alpha value is -7.63. The Bertz CT molecular complexity index is 3180. The first-order valence-electron chi connectivity index (χ1n) is 19.8. The minimum absolute atomic E-state index is 0.556. The van der Waals surface area contributed by atoms with Crippen LogP contribution in [0, 0.1) is 0 Å². The molecule has 0 saturated carbocycles. The summed E-state index contributed by atoms with van der Waals surface area (Å²) in [7, 11) is 0. The van der Waals surface area contributed by atoms with E-state index in [4.69, 9.17) is 19.4 Å². The van der Waals surface area contributed by atoms with Gasteiger partial charge in [-0.2, -0.15) is 9.97 Å². The maximum Gasteiger partial charge on any atom is 0.238 e. The maximum atomic E-state index is 6.49. The lowest BCUT2D eigenvalue weighted by Gasteiger charge is -2.13. The topological polar surface area (TPSA) is 56.7 Å². The Morgan fingerprint density at radius 1 is 0.379 bits per heavy atom. The molecule has 8 aromatic carbocycles. The molecule has 5 heteroatoms. The van der Waals surface area contributed by atoms with Gasteiger partial charge in [-0.15, -0.1) is 0 Å². The first kappa shape index (κ1) is 34.8. The molecule has 0 atom stereocenters. The van der Waals surface area contributed by atoms with Crippen molar-refractivity contribution >= 4 is 43.7 Å². The predicted molar refractivity (Wildman–Crippen MR) is 240 cm³/mol. The third kappa shape index (κ3) is 6.01. The number of furan rings is 1. The van der Waals surface area contributed by atoms with Crippen molar-refractivity contribution in [1.82, 2.24) is 19.5 Å². The molecule has 3 aromatic heterocycles. The van der Waals surface area contributed by atoms with E-state index in [0.29, 0.717) is 17.6 Å². The average molecular weight is 747 g/mol. The molecule has 0 aliphatic heterocycles. The molecule has 0 N–H and O–H groups in total. The molecule has 0 bridgehead atoms. The summed E-state index contributed by atoms with van der Waals surface area (Å²) >= 11 is 0. The van der Waals surface area contributed by atoms with Crippen molar-refractivity contribution in [3.63, 3.8) is 0 Å². The standard InChI is InChI=1S/C51H32N4O.C2H6/c1-4-15-33(16-5-1)36-29-30-45-44(32-36)42-26-13-24-39(37-21-12-22-38(31-37)40-25-14-27-43-41-23-10-11-28-46(41)56-48(40)43)47(42)55(45)51-53-49(34-17-6-2-7-18-34)52-50(54-51)35-19-8-3-9-20-35;1-2/h1-32H;1-2H3. The van der Waals surface area contributed by atoms with E-state index in [2.05, 4.69) is 126 Å². The molecule has 3 heterocycles. The molecular formula is C53H38N4O. The highest BCUT2D eigenvalue weighted by atomic mass is 16.3. The fourth-order valence-corrected chi connectivity index (χ4v) is 8.05. The fourth-order valence-electron chi connectivity index (χ4n) is 8.05. The lowest BCUT2D eigenvalue weighted by molar-refractivity contribution is 0.670. The van der Waals surface area contributed by atoms with Crippen LogP contribution >= 0.6 is 0 Å². The van der Waals surface area contributed by atoms with Crippen molar-refractivity contribution in [2.75, 3.05) is 0 Å². The number of nitrogens with zero attached hydrogens (tertiary/aromatic N) is 4. The SMILES string of the molecule is CC.c1ccc(-c2ccc3c(c2)c2cccc(-c4cccc(-c5cccc6c5oc5ccccc56)c4)c2n3-c2nc(-c3ccccc3)nc(-c3ccccc3)n2)cc1. The zero-order chi connectivity index (χ0) is 39.0. The smallest absolute Gasteiger partial charge is 0.238 e. The molecule has 0 amide bonds. The highest BCUT2D eigenvalue weighted by molar-refractivity contribution is 6.15. The zero-order valence-electron chi connectivity index (χ0n) is 32.2. The van der Waals surface area contributed by atoms with Crippen LogP contribution in [0.1, 0.15) is 13.8 Å². The van der Waals surface area contributed by atoms with Crippen molar-refractivity contribution in [3.05, 3.63) is 194 Å². The molecule has 0 aliphatic carbocycles. The highest BCUT2D eigenvalue weighted by Crippen LogP contribution is 2.42. The lowest BCUT2D eigenvalue weighted by atomic mass is 9.96. The van der Waals surface area contributed by atoms with Crippen LogP contribution in [-0.4, -0.2) is 19.5 Å². The predicted octanol–water partition coefficient (Wildman–Crippen LogP) is 14.2. The van der Waals surface area contributed by atoms with Crippen LogP contribution in [-0.2, 0) is 0 Å². The fraction of sp³-hybridized carbons (Fsp3) is 0.0377. The third-order valence-corrected chi connectivity index (χ3v) is 10.7. The number of para-hydroxylation sites is 3. The van der Waals surface area contributed by atoms with Crippen molar-refractivity contribution in [3.8, 4) is 62.1 Å². The van der Waals surface area contributed by atoms with Gasteiger partial charge in [0.25, 0.3) is 0 Å². The minimum atomic E-state index is 0.556. The van der Waals surface area contributed by atoms with Gasteiger partial charge in [-0.05, 0) is 46.5 Å². The summed E-state index contributed by atoms with van der Waals surface area (Å²) in [5.74, 6) is 1.79. The van der Waals surface area contributed by atoms with E-state index in [9.17, 15) is 0 Å². The molecule has 0 unspecified atom stereocenters. The second kappa shape index (κ2) is 14.8. The molecule has 0 spiro atoms. The average Bonchev–Trinajstić information content (AvgIpc) is 3.86. The van der Waals surface area contributed by atoms with Crippen LogP contribution in [0.4, 0.5) is 0 Å². The number of fused-ring (bicyclic) bond motifs is 6. The van der Waals surface area contributed by atoms with E-state index in [1.54, 1.807) is 0 Å². The summed E-state index contributed by atoms with van der Waals surface area (Å²) in [5.41, 5.74) is 12.3. The van der Waals surface area contributed by atoms with Crippen LogP contribution < -0.4 is 0 Å². The Morgan fingerprint density at radius 2 is 0.914 bits per heavy atom. The number of aromatic nitrogens is 4. The molecule has 276 valence electrons. The van der Waals surface area contributed by atoms with Crippen LogP contribution in [0.15, 0.2) is 199 Å². The second-order valence-corrected chi connectivity index (χ2v) is 14.0. The van der Waals surface area contributed by atoms with E-state index >= 15 is 0 Å². The van der Waals surface area contributed by atoms with Gasteiger partial charge in [-0.1, -0.05) is 184 Å². The van der Waals surface area contributed by atoms with Gasteiger partial charge in [0.2, 0.25) is 5.95 Å². The van der Waals surface area contributed by atoms with E-state index in [-0.39, 0.29) is 0 Å². The van der Waals surface area contributed by atoms with Crippen molar-refractivity contribution < 1.29 is 4.42 Å². The van der Waals surface area contributed by atoms with Gasteiger partial charge in [0.05, 0.1) is 11.0 Å². The Balaban J connectivity index is 0.00000201. The summed E-state index contributed by atoms with van der Waals surface area (Å²) in [4.78, 5) is 15.5. The van der Waals surface area contributed by atoms with E-state index in [0.717, 1.165) is 88.3 Å².